The Morgan fingerprint density at radius 1 is 0.896 bits per heavy atom. The molecular weight excluding hydrogens is 588 g/mol. The molecule has 3 fully saturated rings. The SMILES string of the molecule is CCCCCC(O)/C=C/C=C\CCCCCCCC(=O)OC1CC[C@@]2(C)C(=CCC3C2CC[C@@]2(C)C3CC[C@@H]2[C@H](C)CCCC(C)C)C1. The number of hydrogen-bond acceptors (Lipinski definition) is 3. The van der Waals surface area contributed by atoms with Crippen molar-refractivity contribution in [3.8, 4) is 0 Å². The van der Waals surface area contributed by atoms with E-state index in [-0.39, 0.29) is 18.2 Å². The molecule has 1 N–H and O–H groups in total. The van der Waals surface area contributed by atoms with Crippen LogP contribution in [-0.2, 0) is 9.53 Å². The second-order valence-corrected chi connectivity index (χ2v) is 17.8. The lowest BCUT2D eigenvalue weighted by Gasteiger charge is -2.58. The number of hydrogen-bond donors (Lipinski definition) is 1. The van der Waals surface area contributed by atoms with Gasteiger partial charge >= 0.3 is 5.97 Å². The van der Waals surface area contributed by atoms with Gasteiger partial charge < -0.3 is 9.84 Å². The summed E-state index contributed by atoms with van der Waals surface area (Å²) < 4.78 is 6.11. The van der Waals surface area contributed by atoms with Crippen LogP contribution in [0, 0.1) is 46.3 Å². The molecule has 4 aliphatic rings. The van der Waals surface area contributed by atoms with Crippen molar-refractivity contribution >= 4 is 5.97 Å². The fourth-order valence-electron chi connectivity index (χ4n) is 11.1. The Balaban J connectivity index is 1.13. The van der Waals surface area contributed by atoms with Crippen molar-refractivity contribution in [2.24, 2.45) is 46.3 Å². The van der Waals surface area contributed by atoms with Crippen molar-refractivity contribution in [2.75, 3.05) is 0 Å². The van der Waals surface area contributed by atoms with Crippen LogP contribution in [0.5, 0.6) is 0 Å². The Morgan fingerprint density at radius 2 is 1.69 bits per heavy atom. The van der Waals surface area contributed by atoms with Crippen LogP contribution in [0.15, 0.2) is 36.0 Å². The topological polar surface area (TPSA) is 46.5 Å². The van der Waals surface area contributed by atoms with Crippen molar-refractivity contribution < 1.29 is 14.6 Å². The van der Waals surface area contributed by atoms with Crippen LogP contribution in [0.4, 0.5) is 0 Å². The summed E-state index contributed by atoms with van der Waals surface area (Å²) in [6, 6.07) is 0. The predicted octanol–water partition coefficient (Wildman–Crippen LogP) is 12.7. The van der Waals surface area contributed by atoms with Crippen LogP contribution in [0.2, 0.25) is 0 Å². The number of esters is 1. The van der Waals surface area contributed by atoms with Gasteiger partial charge in [0.25, 0.3) is 0 Å². The van der Waals surface area contributed by atoms with Crippen LogP contribution >= 0.6 is 0 Å². The zero-order chi connectivity index (χ0) is 34.6. The van der Waals surface area contributed by atoms with Gasteiger partial charge in [0.2, 0.25) is 0 Å². The fraction of sp³-hybridized carbons (Fsp3) is 0.844. The third-order valence-corrected chi connectivity index (χ3v) is 14.0. The van der Waals surface area contributed by atoms with Crippen LogP contribution in [0.1, 0.15) is 183 Å². The molecule has 9 atom stereocenters. The van der Waals surface area contributed by atoms with Gasteiger partial charge in [-0.1, -0.05) is 135 Å². The Hall–Kier alpha value is -1.35. The average Bonchev–Trinajstić information content (AvgIpc) is 3.41. The van der Waals surface area contributed by atoms with Crippen molar-refractivity contribution in [1.29, 1.82) is 0 Å². The van der Waals surface area contributed by atoms with Crippen molar-refractivity contribution in [3.63, 3.8) is 0 Å². The second kappa shape index (κ2) is 19.3. The molecule has 0 aliphatic heterocycles. The maximum absolute atomic E-state index is 12.8. The molecule has 0 heterocycles. The lowest BCUT2D eigenvalue weighted by molar-refractivity contribution is -0.151. The number of carbonyl (C=O) groups is 1. The van der Waals surface area contributed by atoms with E-state index in [0.29, 0.717) is 17.3 Å². The second-order valence-electron chi connectivity index (χ2n) is 17.8. The smallest absolute Gasteiger partial charge is 0.306 e. The third kappa shape index (κ3) is 10.6. The number of aliphatic hydroxyl groups excluding tert-OH is 1. The fourth-order valence-corrected chi connectivity index (χ4v) is 11.1. The molecular formula is C45H76O3. The molecule has 3 heteroatoms. The molecule has 0 aromatic rings. The first-order valence-corrected chi connectivity index (χ1v) is 21.0. The minimum atomic E-state index is -0.310. The number of ether oxygens (including phenoxy) is 1. The summed E-state index contributed by atoms with van der Waals surface area (Å²) >= 11 is 0. The van der Waals surface area contributed by atoms with E-state index < -0.39 is 0 Å². The molecule has 0 aromatic heterocycles. The van der Waals surface area contributed by atoms with Crippen LogP contribution < -0.4 is 0 Å². The van der Waals surface area contributed by atoms with E-state index in [9.17, 15) is 9.90 Å². The Kier molecular flexibility index (Phi) is 15.9. The third-order valence-electron chi connectivity index (χ3n) is 14.0. The van der Waals surface area contributed by atoms with Gasteiger partial charge in [-0.2, -0.15) is 0 Å². The van der Waals surface area contributed by atoms with Gasteiger partial charge in [-0.15, -0.1) is 0 Å². The molecule has 3 nitrogen and oxygen atoms in total. The summed E-state index contributed by atoms with van der Waals surface area (Å²) in [5, 5.41) is 9.95. The zero-order valence-electron chi connectivity index (χ0n) is 32.3. The first-order chi connectivity index (χ1) is 23.1. The van der Waals surface area contributed by atoms with E-state index >= 15 is 0 Å². The molecule has 4 rings (SSSR count). The molecule has 0 radical (unpaired) electrons. The molecule has 4 aliphatic carbocycles. The standard InChI is InChI=1S/C45H76O3/c1-7-8-16-22-37(46)23-17-14-12-10-9-11-13-15-18-24-43(47)48-38-29-31-44(5)36(33-38)25-26-39-41-28-27-40(35(4)21-19-20-34(2)3)45(41,6)32-30-42(39)44/h12,14,17,23,25,34-35,37-42,46H,7-11,13,15-16,18-22,24,26-33H2,1-6H3/b14-12-,23-17+/t35-,37?,38?,39?,40-,41?,42?,44+,45-/m1/s1. The molecule has 5 unspecified atom stereocenters. The maximum Gasteiger partial charge on any atom is 0.306 e. The highest BCUT2D eigenvalue weighted by Crippen LogP contribution is 2.67. The summed E-state index contributed by atoms with van der Waals surface area (Å²) in [7, 11) is 0. The van der Waals surface area contributed by atoms with Gasteiger partial charge in [0, 0.05) is 12.8 Å². The van der Waals surface area contributed by atoms with E-state index in [1.807, 2.05) is 12.2 Å². The normalized spacial score (nSPS) is 33.0. The van der Waals surface area contributed by atoms with Gasteiger partial charge in [0.15, 0.2) is 0 Å². The highest BCUT2D eigenvalue weighted by Gasteiger charge is 2.59. The number of rotatable bonds is 20. The summed E-state index contributed by atoms with van der Waals surface area (Å²) in [4.78, 5) is 12.8. The van der Waals surface area contributed by atoms with E-state index in [0.717, 1.165) is 80.5 Å². The van der Waals surface area contributed by atoms with E-state index in [2.05, 4.69) is 59.8 Å². The molecule has 0 amide bonds. The zero-order valence-corrected chi connectivity index (χ0v) is 32.3. The van der Waals surface area contributed by atoms with Gasteiger partial charge in [0.05, 0.1) is 6.10 Å². The Bertz CT molecular complexity index is 1050. The number of unbranched alkanes of at least 4 members (excludes halogenated alkanes) is 7. The van der Waals surface area contributed by atoms with Crippen LogP contribution in [0.25, 0.3) is 0 Å². The molecule has 274 valence electrons. The summed E-state index contributed by atoms with van der Waals surface area (Å²) in [6.45, 7) is 14.8. The summed E-state index contributed by atoms with van der Waals surface area (Å²) in [5.74, 6) is 5.22. The largest absolute Gasteiger partial charge is 0.462 e. The molecule has 0 saturated heterocycles. The van der Waals surface area contributed by atoms with Crippen LogP contribution in [-0.4, -0.2) is 23.3 Å². The first kappa shape index (κ1) is 39.4. The number of allylic oxidation sites excluding steroid dienone is 4. The van der Waals surface area contributed by atoms with Gasteiger partial charge in [-0.05, 0) is 117 Å². The molecule has 0 bridgehead atoms. The van der Waals surface area contributed by atoms with Crippen molar-refractivity contribution in [2.45, 2.75) is 195 Å². The molecule has 3 saturated carbocycles. The van der Waals surface area contributed by atoms with Gasteiger partial charge in [-0.3, -0.25) is 4.79 Å². The quantitative estimate of drug-likeness (QED) is 0.0610. The maximum atomic E-state index is 12.8. The lowest BCUT2D eigenvalue weighted by Crippen LogP contribution is -2.51. The average molecular weight is 665 g/mol. The van der Waals surface area contributed by atoms with E-state index in [4.69, 9.17) is 4.74 Å². The number of fused-ring (bicyclic) bond motifs is 5. The lowest BCUT2D eigenvalue weighted by atomic mass is 9.47. The van der Waals surface area contributed by atoms with Gasteiger partial charge in [0.1, 0.15) is 6.10 Å². The van der Waals surface area contributed by atoms with Crippen molar-refractivity contribution in [1.82, 2.24) is 0 Å². The number of aliphatic hydroxyl groups is 1. The van der Waals surface area contributed by atoms with Crippen molar-refractivity contribution in [3.05, 3.63) is 36.0 Å². The Morgan fingerprint density at radius 3 is 2.48 bits per heavy atom. The molecule has 48 heavy (non-hydrogen) atoms. The Labute approximate surface area is 297 Å². The molecule has 0 spiro atoms. The highest BCUT2D eigenvalue weighted by atomic mass is 16.5. The predicted molar refractivity (Wildman–Crippen MR) is 204 cm³/mol. The van der Waals surface area contributed by atoms with Crippen LogP contribution in [0.3, 0.4) is 0 Å². The summed E-state index contributed by atoms with van der Waals surface area (Å²) in [6.07, 6.45) is 36.6. The highest BCUT2D eigenvalue weighted by molar-refractivity contribution is 5.69. The monoisotopic (exact) mass is 665 g/mol. The minimum absolute atomic E-state index is 0.0254. The first-order valence-electron chi connectivity index (χ1n) is 21.0. The molecule has 0 aromatic carbocycles. The van der Waals surface area contributed by atoms with E-state index in [1.165, 1.54) is 89.9 Å². The van der Waals surface area contributed by atoms with E-state index in [1.54, 1.807) is 5.57 Å². The minimum Gasteiger partial charge on any atom is -0.462 e. The summed E-state index contributed by atoms with van der Waals surface area (Å²) in [5.41, 5.74) is 2.48. The number of carbonyl (C=O) groups excluding carboxylic acids is 1. The van der Waals surface area contributed by atoms with Gasteiger partial charge in [-0.25, -0.2) is 0 Å².